The Morgan fingerprint density at radius 1 is 0.804 bits per heavy atom. The van der Waals surface area contributed by atoms with Crippen molar-refractivity contribution in [3.63, 3.8) is 0 Å². The maximum Gasteiger partial charge on any atom is 0.220 e. The Labute approximate surface area is 306 Å². The molecule has 2 amide bonds. The minimum absolute atomic E-state index is 0.0979. The number of carbonyl (C=O) groups excluding carboxylic acids is 2. The van der Waals surface area contributed by atoms with Crippen LogP contribution in [0.2, 0.25) is 10.0 Å². The lowest BCUT2D eigenvalue weighted by Crippen LogP contribution is -2.35. The van der Waals surface area contributed by atoms with Gasteiger partial charge in [0.25, 0.3) is 0 Å². The third-order valence-corrected chi connectivity index (χ3v) is 10.3. The van der Waals surface area contributed by atoms with E-state index in [9.17, 15) is 9.59 Å². The second kappa shape index (κ2) is 15.3. The number of nitrogens with zero attached hydrogens (tertiary/aromatic N) is 3. The highest BCUT2D eigenvalue weighted by molar-refractivity contribution is 6.39. The molecule has 264 valence electrons. The van der Waals surface area contributed by atoms with Crippen molar-refractivity contribution in [2.75, 3.05) is 27.3 Å². The fourth-order valence-corrected chi connectivity index (χ4v) is 7.49. The first kappa shape index (κ1) is 34.8. The predicted molar refractivity (Wildman–Crippen MR) is 198 cm³/mol. The van der Waals surface area contributed by atoms with Crippen molar-refractivity contribution in [1.82, 2.24) is 35.9 Å². The average molecular weight is 729 g/mol. The number of ether oxygens (including phenoxy) is 2. The molecule has 13 heteroatoms. The standard InChI is InChI=1S/C38H39Cl2N7O4/c1-50-32-15-23(21-47-37(32)24(18-43-47)17-42-20-26-11-14-34(49)45-26)27-5-3-6-28(35(27)39)29-7-4-8-30(36(29)40)31-12-9-22(38(46-31)51-2)16-41-19-25-10-13-33(48)44-25/h3-9,12,15,18,21,25-26,41-42H,10-11,13-14,16-17,19-20H2,1-2H3,(H,44,48)(H,45,49)/t25-,26+/m0/s1. The number of aromatic nitrogens is 3. The van der Waals surface area contributed by atoms with Crippen LogP contribution in [0.5, 0.6) is 11.6 Å². The van der Waals surface area contributed by atoms with Crippen LogP contribution in [0.4, 0.5) is 0 Å². The highest BCUT2D eigenvalue weighted by atomic mass is 35.5. The summed E-state index contributed by atoms with van der Waals surface area (Å²) >= 11 is 14.3. The molecule has 4 N–H and O–H groups in total. The summed E-state index contributed by atoms with van der Waals surface area (Å²) in [7, 11) is 3.24. The third-order valence-electron chi connectivity index (χ3n) is 9.46. The van der Waals surface area contributed by atoms with Crippen LogP contribution in [0.1, 0.15) is 36.8 Å². The van der Waals surface area contributed by atoms with Gasteiger partial charge in [-0.1, -0.05) is 65.7 Å². The summed E-state index contributed by atoms with van der Waals surface area (Å²) < 4.78 is 13.3. The molecule has 2 aliphatic heterocycles. The van der Waals surface area contributed by atoms with E-state index in [1.165, 1.54) is 0 Å². The van der Waals surface area contributed by atoms with Gasteiger partial charge in [0.15, 0.2) is 0 Å². The van der Waals surface area contributed by atoms with Crippen molar-refractivity contribution < 1.29 is 19.1 Å². The fraction of sp³-hybridized carbons (Fsp3) is 0.316. The molecule has 0 unspecified atom stereocenters. The van der Waals surface area contributed by atoms with E-state index in [4.69, 9.17) is 37.7 Å². The zero-order chi connectivity index (χ0) is 35.5. The number of amides is 2. The van der Waals surface area contributed by atoms with Gasteiger partial charge in [0.1, 0.15) is 11.3 Å². The Hall–Kier alpha value is -4.68. The van der Waals surface area contributed by atoms with Crippen LogP contribution in [0.25, 0.3) is 39.0 Å². The first-order valence-electron chi connectivity index (χ1n) is 17.0. The van der Waals surface area contributed by atoms with Gasteiger partial charge in [0, 0.05) is 96.2 Å². The van der Waals surface area contributed by atoms with Crippen LogP contribution in [-0.4, -0.2) is 65.8 Å². The molecular formula is C38H39Cl2N7O4. The van der Waals surface area contributed by atoms with E-state index in [2.05, 4.69) is 26.4 Å². The zero-order valence-electron chi connectivity index (χ0n) is 28.4. The third kappa shape index (κ3) is 7.38. The minimum atomic E-state index is 0.0979. The fourth-order valence-electron chi connectivity index (χ4n) is 6.83. The number of halogens is 2. The molecule has 7 rings (SSSR count). The molecule has 2 saturated heterocycles. The molecule has 0 bridgehead atoms. The van der Waals surface area contributed by atoms with E-state index < -0.39 is 0 Å². The molecule has 11 nitrogen and oxygen atoms in total. The molecule has 2 aromatic carbocycles. The van der Waals surface area contributed by atoms with Crippen LogP contribution >= 0.6 is 23.2 Å². The number of hydrogen-bond donors (Lipinski definition) is 4. The Morgan fingerprint density at radius 3 is 2.02 bits per heavy atom. The number of rotatable bonds is 13. The second-order valence-electron chi connectivity index (χ2n) is 12.8. The molecule has 2 fully saturated rings. The van der Waals surface area contributed by atoms with Gasteiger partial charge < -0.3 is 30.7 Å². The summed E-state index contributed by atoms with van der Waals surface area (Å²) in [6, 6.07) is 17.8. The Bertz CT molecular complexity index is 2100. The summed E-state index contributed by atoms with van der Waals surface area (Å²) in [6.07, 6.45) is 6.59. The first-order chi connectivity index (χ1) is 24.8. The van der Waals surface area contributed by atoms with Crippen LogP contribution in [0.3, 0.4) is 0 Å². The quantitative estimate of drug-likeness (QED) is 0.120. The number of fused-ring (bicyclic) bond motifs is 1. The van der Waals surface area contributed by atoms with E-state index in [0.29, 0.717) is 66.4 Å². The van der Waals surface area contributed by atoms with E-state index >= 15 is 0 Å². The van der Waals surface area contributed by atoms with Gasteiger partial charge in [0.05, 0.1) is 36.2 Å². The second-order valence-corrected chi connectivity index (χ2v) is 13.6. The molecule has 51 heavy (non-hydrogen) atoms. The molecule has 5 aromatic rings. The summed E-state index contributed by atoms with van der Waals surface area (Å²) in [5.74, 6) is 1.37. The van der Waals surface area contributed by atoms with Gasteiger partial charge in [0.2, 0.25) is 17.7 Å². The van der Waals surface area contributed by atoms with E-state index in [0.717, 1.165) is 57.3 Å². The maximum atomic E-state index is 11.6. The molecule has 0 radical (unpaired) electrons. The van der Waals surface area contributed by atoms with Crippen molar-refractivity contribution in [1.29, 1.82) is 0 Å². The van der Waals surface area contributed by atoms with Crippen LogP contribution in [0.15, 0.2) is 67.0 Å². The number of hydrogen-bond acceptors (Lipinski definition) is 8. The van der Waals surface area contributed by atoms with Gasteiger partial charge in [-0.15, -0.1) is 0 Å². The normalized spacial score (nSPS) is 17.2. The van der Waals surface area contributed by atoms with Crippen molar-refractivity contribution in [3.8, 4) is 45.1 Å². The highest BCUT2D eigenvalue weighted by Gasteiger charge is 2.23. The number of carbonyl (C=O) groups is 2. The highest BCUT2D eigenvalue weighted by Crippen LogP contribution is 2.43. The van der Waals surface area contributed by atoms with Crippen molar-refractivity contribution in [2.24, 2.45) is 0 Å². The summed E-state index contributed by atoms with van der Waals surface area (Å²) in [5, 5.41) is 18.5. The molecule has 2 aliphatic rings. The number of pyridine rings is 2. The lowest BCUT2D eigenvalue weighted by atomic mass is 9.97. The van der Waals surface area contributed by atoms with Crippen LogP contribution in [0, 0.1) is 0 Å². The lowest BCUT2D eigenvalue weighted by molar-refractivity contribution is -0.120. The van der Waals surface area contributed by atoms with E-state index in [-0.39, 0.29) is 23.9 Å². The van der Waals surface area contributed by atoms with Crippen molar-refractivity contribution >= 4 is 40.5 Å². The van der Waals surface area contributed by atoms with Gasteiger partial charge in [-0.3, -0.25) is 9.59 Å². The van der Waals surface area contributed by atoms with Crippen LogP contribution < -0.4 is 30.7 Å². The van der Waals surface area contributed by atoms with E-state index in [1.807, 2.05) is 71.5 Å². The molecule has 3 aromatic heterocycles. The molecule has 0 aliphatic carbocycles. The topological polar surface area (TPSA) is 131 Å². The minimum Gasteiger partial charge on any atom is -0.494 e. The molecular weight excluding hydrogens is 689 g/mol. The molecule has 0 saturated carbocycles. The average Bonchev–Trinajstić information content (AvgIpc) is 3.88. The van der Waals surface area contributed by atoms with Crippen LogP contribution in [-0.2, 0) is 22.7 Å². The largest absolute Gasteiger partial charge is 0.494 e. The van der Waals surface area contributed by atoms with Gasteiger partial charge in [-0.05, 0) is 25.0 Å². The van der Waals surface area contributed by atoms with Gasteiger partial charge in [-0.2, -0.15) is 5.10 Å². The van der Waals surface area contributed by atoms with Gasteiger partial charge >= 0.3 is 0 Å². The first-order valence-corrected chi connectivity index (χ1v) is 17.7. The van der Waals surface area contributed by atoms with Gasteiger partial charge in [-0.25, -0.2) is 9.50 Å². The number of methoxy groups -OCH3 is 2. The maximum absolute atomic E-state index is 11.6. The number of benzene rings is 2. The van der Waals surface area contributed by atoms with Crippen molar-refractivity contribution in [2.45, 2.75) is 50.9 Å². The Morgan fingerprint density at radius 2 is 1.41 bits per heavy atom. The predicted octanol–water partition coefficient (Wildman–Crippen LogP) is 5.79. The summed E-state index contributed by atoms with van der Waals surface area (Å²) in [4.78, 5) is 27.9. The smallest absolute Gasteiger partial charge is 0.220 e. The Kier molecular flexibility index (Phi) is 10.4. The Balaban J connectivity index is 1.13. The van der Waals surface area contributed by atoms with E-state index in [1.54, 1.807) is 14.2 Å². The molecule has 2 atom stereocenters. The molecule has 0 spiro atoms. The SMILES string of the molecule is COc1nc(-c2cccc(-c3cccc(-c4cc(OC)c5c(CNC[C@H]6CCC(=O)N6)cnn5c4)c3Cl)c2Cl)ccc1CNC[C@@H]1CCC(=O)N1. The summed E-state index contributed by atoms with van der Waals surface area (Å²) in [5.41, 5.74) is 7.35. The monoisotopic (exact) mass is 727 g/mol. The summed E-state index contributed by atoms with van der Waals surface area (Å²) in [6.45, 7) is 2.49. The number of nitrogens with one attached hydrogen (secondary N) is 4. The molecule has 5 heterocycles. The van der Waals surface area contributed by atoms with Crippen molar-refractivity contribution in [3.05, 3.63) is 88.2 Å². The lowest BCUT2D eigenvalue weighted by Gasteiger charge is -2.16. The zero-order valence-corrected chi connectivity index (χ0v) is 29.9.